The molecule has 1 aliphatic heterocycles. The minimum atomic E-state index is -0.689. The molecule has 4 nitrogen and oxygen atoms in total. The van der Waals surface area contributed by atoms with E-state index < -0.39 is 5.97 Å². The van der Waals surface area contributed by atoms with Gasteiger partial charge in [0.25, 0.3) is 0 Å². The molecule has 0 radical (unpaired) electrons. The molecular weight excluding hydrogens is 288 g/mol. The summed E-state index contributed by atoms with van der Waals surface area (Å²) in [7, 11) is 2.03. The number of rotatable bonds is 1. The van der Waals surface area contributed by atoms with Crippen molar-refractivity contribution in [3.05, 3.63) is 34.5 Å². The molecule has 5 heteroatoms. The van der Waals surface area contributed by atoms with E-state index >= 15 is 0 Å². The number of aromatic amines is 1. The van der Waals surface area contributed by atoms with Gasteiger partial charge in [-0.1, -0.05) is 23.7 Å². The molecular formula is C16H17ClN2O2. The van der Waals surface area contributed by atoms with Crippen LogP contribution in [-0.2, 0) is 11.2 Å². The molecule has 0 spiro atoms. The smallest absolute Gasteiger partial charge is 0.307 e. The fourth-order valence-electron chi connectivity index (χ4n) is 4.16. The van der Waals surface area contributed by atoms with Gasteiger partial charge in [0.15, 0.2) is 0 Å². The first-order valence-corrected chi connectivity index (χ1v) is 7.66. The lowest BCUT2D eigenvalue weighted by atomic mass is 9.72. The van der Waals surface area contributed by atoms with Crippen LogP contribution >= 0.6 is 11.6 Å². The molecule has 1 aliphatic carbocycles. The van der Waals surface area contributed by atoms with Gasteiger partial charge in [-0.15, -0.1) is 0 Å². The van der Waals surface area contributed by atoms with E-state index in [0.717, 1.165) is 17.1 Å². The summed E-state index contributed by atoms with van der Waals surface area (Å²) in [5.41, 5.74) is 3.50. The van der Waals surface area contributed by atoms with Crippen LogP contribution in [0.4, 0.5) is 0 Å². The Balaban J connectivity index is 1.88. The second-order valence-electron chi connectivity index (χ2n) is 6.28. The van der Waals surface area contributed by atoms with Crippen molar-refractivity contribution in [2.75, 3.05) is 13.6 Å². The number of aromatic nitrogens is 1. The van der Waals surface area contributed by atoms with Gasteiger partial charge in [0, 0.05) is 29.4 Å². The van der Waals surface area contributed by atoms with Crippen molar-refractivity contribution in [3.8, 4) is 0 Å². The minimum absolute atomic E-state index is 0.271. The summed E-state index contributed by atoms with van der Waals surface area (Å²) in [5, 5.41) is 11.3. The van der Waals surface area contributed by atoms with Gasteiger partial charge in [-0.05, 0) is 37.1 Å². The zero-order valence-corrected chi connectivity index (χ0v) is 12.5. The lowest BCUT2D eigenvalue weighted by Gasteiger charge is -2.44. The molecule has 4 rings (SSSR count). The first-order chi connectivity index (χ1) is 10.1. The number of likely N-dealkylation sites (tertiary alicyclic amines) is 1. The van der Waals surface area contributed by atoms with Crippen LogP contribution in [0, 0.1) is 5.92 Å². The fourth-order valence-corrected chi connectivity index (χ4v) is 4.44. The third kappa shape index (κ3) is 1.82. The summed E-state index contributed by atoms with van der Waals surface area (Å²) in [6.45, 7) is 0.615. The number of likely N-dealkylation sites (N-methyl/N-ethyl adjacent to an activating group) is 1. The summed E-state index contributed by atoms with van der Waals surface area (Å²) < 4.78 is 0. The number of H-pyrrole nitrogens is 1. The number of hydrogen-bond donors (Lipinski definition) is 2. The molecule has 2 heterocycles. The molecule has 21 heavy (non-hydrogen) atoms. The van der Waals surface area contributed by atoms with E-state index in [4.69, 9.17) is 11.6 Å². The second-order valence-corrected chi connectivity index (χ2v) is 6.65. The number of carboxylic acids is 1. The SMILES string of the molecule is CN1CC(C(=O)O)C[C@H]2c3cccc4[nH]c(Cl)c(c34)C[C@@H]21. The maximum Gasteiger partial charge on any atom is 0.307 e. The van der Waals surface area contributed by atoms with Gasteiger partial charge in [-0.3, -0.25) is 4.79 Å². The number of aliphatic carboxylic acids is 1. The Morgan fingerprint density at radius 3 is 3.05 bits per heavy atom. The minimum Gasteiger partial charge on any atom is -0.481 e. The molecule has 2 aliphatic rings. The van der Waals surface area contributed by atoms with Crippen LogP contribution in [-0.4, -0.2) is 40.6 Å². The van der Waals surface area contributed by atoms with Gasteiger partial charge in [-0.25, -0.2) is 0 Å². The quantitative estimate of drug-likeness (QED) is 0.852. The summed E-state index contributed by atoms with van der Waals surface area (Å²) in [5.74, 6) is -0.708. The maximum absolute atomic E-state index is 11.4. The molecule has 0 bridgehead atoms. The van der Waals surface area contributed by atoms with E-state index in [-0.39, 0.29) is 11.8 Å². The van der Waals surface area contributed by atoms with Crippen molar-refractivity contribution in [2.45, 2.75) is 24.8 Å². The Hall–Kier alpha value is -1.52. The number of halogens is 1. The fraction of sp³-hybridized carbons (Fsp3) is 0.438. The number of nitrogens with zero attached hydrogens (tertiary/aromatic N) is 1. The number of fused-ring (bicyclic) bond motifs is 2. The van der Waals surface area contributed by atoms with E-state index in [1.165, 1.54) is 16.5 Å². The second kappa shape index (κ2) is 4.49. The number of piperidine rings is 1. The predicted molar refractivity (Wildman–Crippen MR) is 81.9 cm³/mol. The Bertz CT molecular complexity index is 739. The van der Waals surface area contributed by atoms with Crippen LogP contribution in [0.1, 0.15) is 23.5 Å². The van der Waals surface area contributed by atoms with Crippen molar-refractivity contribution in [1.82, 2.24) is 9.88 Å². The summed E-state index contributed by atoms with van der Waals surface area (Å²) in [6, 6.07) is 6.54. The average molecular weight is 305 g/mol. The Morgan fingerprint density at radius 1 is 1.48 bits per heavy atom. The first kappa shape index (κ1) is 13.2. The number of hydrogen-bond acceptors (Lipinski definition) is 2. The largest absolute Gasteiger partial charge is 0.481 e. The van der Waals surface area contributed by atoms with E-state index in [1.807, 2.05) is 19.2 Å². The average Bonchev–Trinajstić information content (AvgIpc) is 2.77. The van der Waals surface area contributed by atoms with Crippen molar-refractivity contribution in [1.29, 1.82) is 0 Å². The highest BCUT2D eigenvalue weighted by molar-refractivity contribution is 6.32. The molecule has 2 N–H and O–H groups in total. The van der Waals surface area contributed by atoms with Gasteiger partial charge >= 0.3 is 5.97 Å². The Morgan fingerprint density at radius 2 is 2.29 bits per heavy atom. The van der Waals surface area contributed by atoms with Gasteiger partial charge in [0.2, 0.25) is 0 Å². The molecule has 0 amide bonds. The van der Waals surface area contributed by atoms with E-state index in [2.05, 4.69) is 16.0 Å². The van der Waals surface area contributed by atoms with Crippen molar-refractivity contribution < 1.29 is 9.90 Å². The molecule has 1 aromatic carbocycles. The van der Waals surface area contributed by atoms with E-state index in [9.17, 15) is 9.90 Å². The number of carboxylic acid groups (broad SMARTS) is 1. The van der Waals surface area contributed by atoms with E-state index in [1.54, 1.807) is 0 Å². The van der Waals surface area contributed by atoms with Crippen LogP contribution in [0.5, 0.6) is 0 Å². The molecule has 1 aromatic heterocycles. The molecule has 110 valence electrons. The predicted octanol–water partition coefficient (Wildman–Crippen LogP) is 2.87. The Labute approximate surface area is 127 Å². The van der Waals surface area contributed by atoms with Gasteiger partial charge < -0.3 is 15.0 Å². The zero-order chi connectivity index (χ0) is 14.7. The van der Waals surface area contributed by atoms with Crippen molar-refractivity contribution in [2.24, 2.45) is 5.92 Å². The summed E-state index contributed by atoms with van der Waals surface area (Å²) in [6.07, 6.45) is 1.61. The van der Waals surface area contributed by atoms with Gasteiger partial charge in [0.05, 0.1) is 5.92 Å². The van der Waals surface area contributed by atoms with Crippen LogP contribution in [0.15, 0.2) is 18.2 Å². The van der Waals surface area contributed by atoms with Crippen LogP contribution in [0.2, 0.25) is 5.15 Å². The molecule has 0 saturated carbocycles. The lowest BCUT2D eigenvalue weighted by molar-refractivity contribution is -0.144. The number of nitrogens with one attached hydrogen (secondary N) is 1. The number of benzene rings is 1. The maximum atomic E-state index is 11.4. The van der Waals surface area contributed by atoms with Crippen molar-refractivity contribution >= 4 is 28.5 Å². The van der Waals surface area contributed by atoms with Gasteiger partial charge in [-0.2, -0.15) is 0 Å². The molecule has 1 fully saturated rings. The summed E-state index contributed by atoms with van der Waals surface area (Å²) >= 11 is 6.36. The first-order valence-electron chi connectivity index (χ1n) is 7.28. The van der Waals surface area contributed by atoms with Crippen LogP contribution in [0.3, 0.4) is 0 Å². The standard InChI is InChI=1S/C16H17ClN2O2/c1-19-7-8(16(20)21)5-10-9-3-2-4-12-14(9)11(6-13(10)19)15(17)18-12/h2-4,8,10,13,18H,5-7H2,1H3,(H,20,21)/t8?,10-,13-/m0/s1. The molecule has 1 unspecified atom stereocenters. The summed E-state index contributed by atoms with van der Waals surface area (Å²) in [4.78, 5) is 16.9. The Kier molecular flexibility index (Phi) is 2.81. The molecule has 1 saturated heterocycles. The highest BCUT2D eigenvalue weighted by Crippen LogP contribution is 2.46. The third-order valence-corrected chi connectivity index (χ3v) is 5.47. The topological polar surface area (TPSA) is 56.3 Å². The third-order valence-electron chi connectivity index (χ3n) is 5.15. The van der Waals surface area contributed by atoms with Crippen LogP contribution in [0.25, 0.3) is 10.9 Å². The highest BCUT2D eigenvalue weighted by atomic mass is 35.5. The molecule has 3 atom stereocenters. The van der Waals surface area contributed by atoms with Gasteiger partial charge in [0.1, 0.15) is 5.15 Å². The monoisotopic (exact) mass is 304 g/mol. The lowest BCUT2D eigenvalue weighted by Crippen LogP contribution is -2.49. The normalized spacial score (nSPS) is 28.6. The molecule has 2 aromatic rings. The van der Waals surface area contributed by atoms with Crippen LogP contribution < -0.4 is 0 Å². The highest BCUT2D eigenvalue weighted by Gasteiger charge is 2.42. The van der Waals surface area contributed by atoms with E-state index in [0.29, 0.717) is 19.0 Å². The van der Waals surface area contributed by atoms with Crippen molar-refractivity contribution in [3.63, 3.8) is 0 Å². The zero-order valence-electron chi connectivity index (χ0n) is 11.8. The number of carbonyl (C=O) groups is 1.